The highest BCUT2D eigenvalue weighted by molar-refractivity contribution is 7.91. The van der Waals surface area contributed by atoms with Crippen molar-refractivity contribution in [3.8, 4) is 0 Å². The number of anilines is 1. The second kappa shape index (κ2) is 12.2. The molecule has 4 rings (SSSR count). The number of methoxy groups -OCH3 is 1. The molecule has 41 heavy (non-hydrogen) atoms. The number of benzene rings is 2. The molecule has 12 heteroatoms. The van der Waals surface area contributed by atoms with Gasteiger partial charge < -0.3 is 20.5 Å². The average molecular weight is 592 g/mol. The maximum atomic E-state index is 13.1. The second-order valence-corrected chi connectivity index (χ2v) is 12.3. The van der Waals surface area contributed by atoms with E-state index in [1.165, 1.54) is 30.3 Å². The first-order valence-electron chi connectivity index (χ1n) is 13.1. The minimum atomic E-state index is -4.42. The molecule has 0 saturated carbocycles. The number of carbonyl (C=O) groups excluding carboxylic acids is 1. The summed E-state index contributed by atoms with van der Waals surface area (Å²) in [6.07, 6.45) is -3.82. The van der Waals surface area contributed by atoms with E-state index in [2.05, 4.69) is 0 Å². The van der Waals surface area contributed by atoms with E-state index in [9.17, 15) is 31.5 Å². The van der Waals surface area contributed by atoms with E-state index in [0.29, 0.717) is 31.0 Å². The van der Waals surface area contributed by atoms with Gasteiger partial charge in [-0.2, -0.15) is 13.2 Å². The van der Waals surface area contributed by atoms with Crippen LogP contribution >= 0.6 is 0 Å². The van der Waals surface area contributed by atoms with Gasteiger partial charge in [0.25, 0.3) is 5.91 Å². The Labute approximate surface area is 236 Å². The second-order valence-electron chi connectivity index (χ2n) is 9.99. The predicted octanol–water partition coefficient (Wildman–Crippen LogP) is 4.13. The zero-order chi connectivity index (χ0) is 29.9. The lowest BCUT2D eigenvalue weighted by Crippen LogP contribution is -2.34. The Morgan fingerprint density at radius 2 is 1.78 bits per heavy atom. The smallest absolute Gasteiger partial charge is 0.395 e. The standard InChI is InChI=1S/C29H32F3N3O5S/c1-3-41(38,39)23-10-6-19(7-11-23)25(16-36)27-24(28(33)37)12-13-26(34-27)35-15-20(14-22(35)17-40-2)18-4-8-21(9-5-18)29(30,31)32/h4-13,20,22,25,36H,3,14-17H2,1-2H3,(H2,33,37)/t20?,22-,25+/m0/s1. The first kappa shape index (κ1) is 30.5. The molecule has 3 N–H and O–H groups in total. The van der Waals surface area contributed by atoms with Crippen LogP contribution in [0.1, 0.15) is 57.9 Å². The summed E-state index contributed by atoms with van der Waals surface area (Å²) in [6.45, 7) is 1.90. The minimum absolute atomic E-state index is 0.0584. The topological polar surface area (TPSA) is 123 Å². The van der Waals surface area contributed by atoms with Gasteiger partial charge in [0.15, 0.2) is 9.84 Å². The SMILES string of the molecule is CCS(=O)(=O)c1ccc([C@@H](CO)c2nc(N3CC(c4ccc(C(F)(F)F)cc4)C[C@H]3COC)ccc2C(N)=O)cc1. The molecule has 1 aromatic heterocycles. The summed E-state index contributed by atoms with van der Waals surface area (Å²) >= 11 is 0. The van der Waals surface area contributed by atoms with Gasteiger partial charge in [-0.15, -0.1) is 0 Å². The number of aliphatic hydroxyl groups is 1. The van der Waals surface area contributed by atoms with Gasteiger partial charge in [0, 0.05) is 19.6 Å². The molecule has 0 spiro atoms. The molecule has 8 nitrogen and oxygen atoms in total. The van der Waals surface area contributed by atoms with Gasteiger partial charge in [-0.1, -0.05) is 31.2 Å². The van der Waals surface area contributed by atoms with Gasteiger partial charge in [-0.25, -0.2) is 13.4 Å². The molecule has 0 radical (unpaired) electrons. The van der Waals surface area contributed by atoms with Crippen molar-refractivity contribution in [2.45, 2.75) is 42.3 Å². The Morgan fingerprint density at radius 1 is 1.12 bits per heavy atom. The summed E-state index contributed by atoms with van der Waals surface area (Å²) < 4.78 is 69.1. The molecular formula is C29H32F3N3O5S. The number of rotatable bonds is 10. The van der Waals surface area contributed by atoms with Gasteiger partial charge in [0.05, 0.1) is 52.6 Å². The summed E-state index contributed by atoms with van der Waals surface area (Å²) in [5.41, 5.74) is 6.58. The van der Waals surface area contributed by atoms with E-state index < -0.39 is 40.0 Å². The van der Waals surface area contributed by atoms with Crippen LogP contribution in [0.4, 0.5) is 19.0 Å². The number of halogens is 3. The number of ether oxygens (including phenoxy) is 1. The lowest BCUT2D eigenvalue weighted by atomic mass is 9.92. The molecule has 220 valence electrons. The van der Waals surface area contributed by atoms with E-state index >= 15 is 0 Å². The largest absolute Gasteiger partial charge is 0.416 e. The van der Waals surface area contributed by atoms with Gasteiger partial charge >= 0.3 is 6.18 Å². The summed E-state index contributed by atoms with van der Waals surface area (Å²) in [5, 5.41) is 10.4. The van der Waals surface area contributed by atoms with Crippen molar-refractivity contribution in [1.29, 1.82) is 0 Å². The quantitative estimate of drug-likeness (QED) is 0.364. The van der Waals surface area contributed by atoms with Crippen LogP contribution in [0.5, 0.6) is 0 Å². The van der Waals surface area contributed by atoms with Crippen LogP contribution in [0.3, 0.4) is 0 Å². The molecule has 2 aromatic carbocycles. The number of hydrogen-bond donors (Lipinski definition) is 2. The fourth-order valence-electron chi connectivity index (χ4n) is 5.26. The van der Waals surface area contributed by atoms with Crippen LogP contribution < -0.4 is 10.6 Å². The minimum Gasteiger partial charge on any atom is -0.395 e. The predicted molar refractivity (Wildman–Crippen MR) is 148 cm³/mol. The van der Waals surface area contributed by atoms with Crippen LogP contribution in [0.25, 0.3) is 0 Å². The highest BCUT2D eigenvalue weighted by atomic mass is 32.2. The third-order valence-corrected chi connectivity index (χ3v) is 9.24. The molecule has 1 aliphatic rings. The van der Waals surface area contributed by atoms with Gasteiger partial charge in [-0.05, 0) is 53.9 Å². The van der Waals surface area contributed by atoms with E-state index in [1.807, 2.05) is 4.90 Å². The fourth-order valence-corrected chi connectivity index (χ4v) is 6.14. The number of sulfone groups is 1. The Hall–Kier alpha value is -3.48. The van der Waals surface area contributed by atoms with Crippen molar-refractivity contribution in [2.24, 2.45) is 5.73 Å². The highest BCUT2D eigenvalue weighted by Crippen LogP contribution is 2.38. The lowest BCUT2D eigenvalue weighted by Gasteiger charge is -2.27. The number of aliphatic hydroxyl groups excluding tert-OH is 1. The molecule has 0 aliphatic carbocycles. The summed E-state index contributed by atoms with van der Waals surface area (Å²) in [5.74, 6) is -1.17. The molecule has 1 saturated heterocycles. The number of alkyl halides is 3. The molecule has 3 aromatic rings. The normalized spacial score (nSPS) is 18.4. The maximum absolute atomic E-state index is 13.1. The number of amides is 1. The van der Waals surface area contributed by atoms with Crippen molar-refractivity contribution in [3.63, 3.8) is 0 Å². The molecule has 0 bridgehead atoms. The highest BCUT2D eigenvalue weighted by Gasteiger charge is 2.36. The van der Waals surface area contributed by atoms with Crippen LogP contribution in [-0.4, -0.2) is 63.1 Å². The Kier molecular flexibility index (Phi) is 9.05. The molecule has 3 atom stereocenters. The molecular weight excluding hydrogens is 559 g/mol. The number of nitrogens with two attached hydrogens (primary N) is 1. The van der Waals surface area contributed by atoms with Crippen molar-refractivity contribution in [1.82, 2.24) is 4.98 Å². The van der Waals surface area contributed by atoms with Crippen LogP contribution in [-0.2, 0) is 20.8 Å². The molecule has 1 fully saturated rings. The van der Waals surface area contributed by atoms with Crippen LogP contribution in [0.15, 0.2) is 65.6 Å². The number of carbonyl (C=O) groups is 1. The maximum Gasteiger partial charge on any atom is 0.416 e. The van der Waals surface area contributed by atoms with E-state index in [4.69, 9.17) is 15.5 Å². The van der Waals surface area contributed by atoms with E-state index in [1.54, 1.807) is 32.2 Å². The van der Waals surface area contributed by atoms with E-state index in [-0.39, 0.29) is 33.9 Å². The van der Waals surface area contributed by atoms with Crippen LogP contribution in [0, 0.1) is 0 Å². The number of pyridine rings is 1. The molecule has 2 heterocycles. The van der Waals surface area contributed by atoms with E-state index in [0.717, 1.165) is 17.7 Å². The zero-order valence-corrected chi connectivity index (χ0v) is 23.5. The van der Waals surface area contributed by atoms with Crippen molar-refractivity contribution >= 4 is 21.6 Å². The monoisotopic (exact) mass is 591 g/mol. The summed E-state index contributed by atoms with van der Waals surface area (Å²) in [4.78, 5) is 19.2. The van der Waals surface area contributed by atoms with Crippen molar-refractivity contribution in [3.05, 3.63) is 88.6 Å². The van der Waals surface area contributed by atoms with Crippen molar-refractivity contribution < 1.29 is 36.2 Å². The summed E-state index contributed by atoms with van der Waals surface area (Å²) in [7, 11) is -1.87. The summed E-state index contributed by atoms with van der Waals surface area (Å²) in [6, 6.07) is 14.2. The average Bonchev–Trinajstić information content (AvgIpc) is 3.37. The van der Waals surface area contributed by atoms with Gasteiger partial charge in [0.2, 0.25) is 0 Å². The first-order chi connectivity index (χ1) is 19.4. The Morgan fingerprint density at radius 3 is 2.32 bits per heavy atom. The number of nitrogens with zero attached hydrogens (tertiary/aromatic N) is 2. The molecule has 1 aliphatic heterocycles. The van der Waals surface area contributed by atoms with Gasteiger partial charge in [-0.3, -0.25) is 4.79 Å². The third kappa shape index (κ3) is 6.55. The molecule has 1 unspecified atom stereocenters. The molecule has 1 amide bonds. The third-order valence-electron chi connectivity index (χ3n) is 7.49. The Bertz CT molecular complexity index is 1480. The zero-order valence-electron chi connectivity index (χ0n) is 22.6. The fraction of sp³-hybridized carbons (Fsp3) is 0.379. The Balaban J connectivity index is 1.69. The number of primary amides is 1. The number of hydrogen-bond acceptors (Lipinski definition) is 7. The van der Waals surface area contributed by atoms with Gasteiger partial charge in [0.1, 0.15) is 5.82 Å². The first-order valence-corrected chi connectivity index (χ1v) is 14.7. The van der Waals surface area contributed by atoms with Crippen molar-refractivity contribution in [2.75, 3.05) is 37.5 Å². The van der Waals surface area contributed by atoms with Crippen LogP contribution in [0.2, 0.25) is 0 Å². The number of aromatic nitrogens is 1. The lowest BCUT2D eigenvalue weighted by molar-refractivity contribution is -0.137.